The van der Waals surface area contributed by atoms with Crippen molar-refractivity contribution in [2.24, 2.45) is 5.73 Å². The fourth-order valence-corrected chi connectivity index (χ4v) is 1.17. The predicted molar refractivity (Wildman–Crippen MR) is 73.4 cm³/mol. The maximum absolute atomic E-state index is 11.4. The van der Waals surface area contributed by atoms with Crippen LogP contribution in [-0.4, -0.2) is 47.8 Å². The van der Waals surface area contributed by atoms with Crippen LogP contribution in [0, 0.1) is 0 Å². The van der Waals surface area contributed by atoms with Gasteiger partial charge in [-0.15, -0.1) is 0 Å². The minimum atomic E-state index is -1.82. The minimum Gasteiger partial charge on any atom is -0.473 e. The molecule has 0 radical (unpaired) electrons. The lowest BCUT2D eigenvalue weighted by Crippen LogP contribution is -2.43. The van der Waals surface area contributed by atoms with Gasteiger partial charge >= 0.3 is 11.9 Å². The summed E-state index contributed by atoms with van der Waals surface area (Å²) in [5, 5.41) is 17.5. The van der Waals surface area contributed by atoms with Gasteiger partial charge in [-0.2, -0.15) is 0 Å². The number of hydrogen-bond donors (Lipinski definition) is 4. The van der Waals surface area contributed by atoms with E-state index < -0.39 is 18.0 Å². The molecule has 0 aliphatic carbocycles. The lowest BCUT2D eigenvalue weighted by molar-refractivity contribution is -0.159. The number of carbonyl (C=O) groups excluding carboxylic acids is 1. The Balaban J connectivity index is 0.000000567. The van der Waals surface area contributed by atoms with Crippen molar-refractivity contribution < 1.29 is 29.3 Å². The second-order valence-corrected chi connectivity index (χ2v) is 3.88. The Morgan fingerprint density at radius 1 is 1.19 bits per heavy atom. The van der Waals surface area contributed by atoms with E-state index in [0.29, 0.717) is 6.54 Å². The SMILES string of the molecule is COCC(N)C(=O)NCc1ccccc1.O=C(O)C(=O)O. The van der Waals surface area contributed by atoms with Crippen molar-refractivity contribution >= 4 is 17.8 Å². The van der Waals surface area contributed by atoms with Gasteiger partial charge in [0.25, 0.3) is 0 Å². The van der Waals surface area contributed by atoms with Gasteiger partial charge in [0, 0.05) is 13.7 Å². The second kappa shape index (κ2) is 10.4. The third-order valence-electron chi connectivity index (χ3n) is 2.18. The van der Waals surface area contributed by atoms with Crippen LogP contribution in [0.3, 0.4) is 0 Å². The van der Waals surface area contributed by atoms with E-state index in [0.717, 1.165) is 5.56 Å². The molecular weight excluding hydrogens is 280 g/mol. The Labute approximate surface area is 121 Å². The zero-order valence-electron chi connectivity index (χ0n) is 11.5. The third kappa shape index (κ3) is 9.14. The summed E-state index contributed by atoms with van der Waals surface area (Å²) < 4.78 is 4.79. The Hall–Kier alpha value is -2.45. The zero-order valence-corrected chi connectivity index (χ0v) is 11.5. The van der Waals surface area contributed by atoms with Crippen LogP contribution >= 0.6 is 0 Å². The molecular formula is C13H18N2O6. The summed E-state index contributed by atoms with van der Waals surface area (Å²) in [6.45, 7) is 0.734. The van der Waals surface area contributed by atoms with Crippen molar-refractivity contribution in [3.63, 3.8) is 0 Å². The summed E-state index contributed by atoms with van der Waals surface area (Å²) in [6, 6.07) is 9.08. The van der Waals surface area contributed by atoms with Gasteiger partial charge in [0.05, 0.1) is 6.61 Å². The average molecular weight is 298 g/mol. The number of amides is 1. The van der Waals surface area contributed by atoms with E-state index in [1.54, 1.807) is 0 Å². The number of aliphatic carboxylic acids is 2. The summed E-state index contributed by atoms with van der Waals surface area (Å²) in [6.07, 6.45) is 0. The molecule has 0 aliphatic rings. The number of hydrogen-bond acceptors (Lipinski definition) is 5. The normalized spacial score (nSPS) is 10.8. The fourth-order valence-electron chi connectivity index (χ4n) is 1.17. The summed E-state index contributed by atoms with van der Waals surface area (Å²) in [7, 11) is 1.52. The molecule has 1 aromatic carbocycles. The van der Waals surface area contributed by atoms with Crippen LogP contribution < -0.4 is 11.1 Å². The average Bonchev–Trinajstić information content (AvgIpc) is 2.46. The van der Waals surface area contributed by atoms with Gasteiger partial charge in [0.1, 0.15) is 6.04 Å². The smallest absolute Gasteiger partial charge is 0.414 e. The Kier molecular flexibility index (Phi) is 9.14. The first-order valence-electron chi connectivity index (χ1n) is 5.90. The maximum atomic E-state index is 11.4. The van der Waals surface area contributed by atoms with E-state index in [1.807, 2.05) is 30.3 Å². The first-order valence-corrected chi connectivity index (χ1v) is 5.90. The van der Waals surface area contributed by atoms with Crippen molar-refractivity contribution in [2.45, 2.75) is 12.6 Å². The molecule has 0 bridgehead atoms. The van der Waals surface area contributed by atoms with Crippen LogP contribution in [0.5, 0.6) is 0 Å². The Morgan fingerprint density at radius 3 is 2.14 bits per heavy atom. The molecule has 0 spiro atoms. The van der Waals surface area contributed by atoms with Gasteiger partial charge in [-0.25, -0.2) is 9.59 Å². The molecule has 1 amide bonds. The third-order valence-corrected chi connectivity index (χ3v) is 2.18. The van der Waals surface area contributed by atoms with Gasteiger partial charge in [-0.05, 0) is 5.56 Å². The first-order chi connectivity index (χ1) is 9.88. The molecule has 0 saturated heterocycles. The molecule has 0 aromatic heterocycles. The fraction of sp³-hybridized carbons (Fsp3) is 0.308. The predicted octanol–water partition coefficient (Wildman–Crippen LogP) is -0.568. The molecule has 0 fully saturated rings. The molecule has 1 atom stereocenters. The summed E-state index contributed by atoms with van der Waals surface area (Å²) in [5.41, 5.74) is 6.61. The molecule has 0 saturated carbocycles. The molecule has 1 unspecified atom stereocenters. The molecule has 0 heterocycles. The molecule has 1 aromatic rings. The highest BCUT2D eigenvalue weighted by Crippen LogP contribution is 1.97. The largest absolute Gasteiger partial charge is 0.473 e. The van der Waals surface area contributed by atoms with Gasteiger partial charge in [0.15, 0.2) is 0 Å². The van der Waals surface area contributed by atoms with Crippen LogP contribution in [0.2, 0.25) is 0 Å². The van der Waals surface area contributed by atoms with Crippen molar-refractivity contribution in [1.82, 2.24) is 5.32 Å². The van der Waals surface area contributed by atoms with Crippen LogP contribution in [0.4, 0.5) is 0 Å². The van der Waals surface area contributed by atoms with E-state index in [-0.39, 0.29) is 12.5 Å². The molecule has 8 heteroatoms. The highest BCUT2D eigenvalue weighted by molar-refractivity contribution is 6.27. The topological polar surface area (TPSA) is 139 Å². The number of carboxylic acid groups (broad SMARTS) is 2. The molecule has 1 rings (SSSR count). The summed E-state index contributed by atoms with van der Waals surface area (Å²) in [4.78, 5) is 29.6. The van der Waals surface area contributed by atoms with Crippen molar-refractivity contribution in [2.75, 3.05) is 13.7 Å². The highest BCUT2D eigenvalue weighted by atomic mass is 16.5. The number of carboxylic acids is 2. The van der Waals surface area contributed by atoms with E-state index in [9.17, 15) is 4.79 Å². The van der Waals surface area contributed by atoms with Crippen LogP contribution in [0.25, 0.3) is 0 Å². The quantitative estimate of drug-likeness (QED) is 0.534. The van der Waals surface area contributed by atoms with Crippen molar-refractivity contribution in [3.8, 4) is 0 Å². The number of rotatable bonds is 5. The Bertz CT molecular complexity index is 451. The van der Waals surface area contributed by atoms with Crippen molar-refractivity contribution in [1.29, 1.82) is 0 Å². The second-order valence-electron chi connectivity index (χ2n) is 3.88. The molecule has 8 nitrogen and oxygen atoms in total. The van der Waals surface area contributed by atoms with E-state index in [1.165, 1.54) is 7.11 Å². The van der Waals surface area contributed by atoms with Gasteiger partial charge in [-0.1, -0.05) is 30.3 Å². The first kappa shape index (κ1) is 18.6. The van der Waals surface area contributed by atoms with Crippen molar-refractivity contribution in [3.05, 3.63) is 35.9 Å². The standard InChI is InChI=1S/C11H16N2O2.C2H2O4/c1-15-8-10(12)11(14)13-7-9-5-3-2-4-6-9;3-1(4)2(5)6/h2-6,10H,7-8,12H2,1H3,(H,13,14);(H,3,4)(H,5,6). The van der Waals surface area contributed by atoms with Gasteiger partial charge in [-0.3, -0.25) is 4.79 Å². The molecule has 116 valence electrons. The Morgan fingerprint density at radius 2 is 1.71 bits per heavy atom. The van der Waals surface area contributed by atoms with Gasteiger partial charge in [0.2, 0.25) is 5.91 Å². The van der Waals surface area contributed by atoms with E-state index in [4.69, 9.17) is 30.3 Å². The lowest BCUT2D eigenvalue weighted by Gasteiger charge is -2.10. The minimum absolute atomic E-state index is 0.194. The van der Waals surface area contributed by atoms with Crippen LogP contribution in [0.15, 0.2) is 30.3 Å². The van der Waals surface area contributed by atoms with Crippen LogP contribution in [0.1, 0.15) is 5.56 Å². The number of carbonyl (C=O) groups is 3. The van der Waals surface area contributed by atoms with E-state index in [2.05, 4.69) is 5.32 Å². The number of benzene rings is 1. The number of nitrogens with two attached hydrogens (primary N) is 1. The zero-order chi connectivity index (χ0) is 16.3. The number of ether oxygens (including phenoxy) is 1. The van der Waals surface area contributed by atoms with E-state index >= 15 is 0 Å². The summed E-state index contributed by atoms with van der Waals surface area (Å²) >= 11 is 0. The van der Waals surface area contributed by atoms with Crippen LogP contribution in [-0.2, 0) is 25.7 Å². The lowest BCUT2D eigenvalue weighted by atomic mass is 10.2. The monoisotopic (exact) mass is 298 g/mol. The number of methoxy groups -OCH3 is 1. The summed E-state index contributed by atoms with van der Waals surface area (Å²) in [5.74, 6) is -3.84. The molecule has 21 heavy (non-hydrogen) atoms. The molecule has 5 N–H and O–H groups in total. The molecule has 0 aliphatic heterocycles. The highest BCUT2D eigenvalue weighted by Gasteiger charge is 2.11. The number of nitrogens with one attached hydrogen (secondary N) is 1. The van der Waals surface area contributed by atoms with Gasteiger partial charge < -0.3 is 26.0 Å². The maximum Gasteiger partial charge on any atom is 0.414 e.